The number of hydrogen-bond acceptors (Lipinski definition) is 8. The van der Waals surface area contributed by atoms with Crippen molar-refractivity contribution in [2.24, 2.45) is 5.73 Å². The monoisotopic (exact) mass is 360 g/mol. The molecular weight excluding hydrogens is 336 g/mol. The largest absolute Gasteiger partial charge is 0.390 e. The Labute approximate surface area is 140 Å². The molecule has 0 spiro atoms. The summed E-state index contributed by atoms with van der Waals surface area (Å²) in [4.78, 5) is 10.2. The first-order chi connectivity index (χ1) is 9.71. The van der Waals surface area contributed by atoms with Crippen molar-refractivity contribution in [2.75, 3.05) is 13.1 Å². The molecule has 1 fully saturated rings. The van der Waals surface area contributed by atoms with Gasteiger partial charge in [-0.2, -0.15) is 0 Å². The number of amides is 1. The van der Waals surface area contributed by atoms with Crippen LogP contribution in [0.2, 0.25) is 0 Å². The lowest BCUT2D eigenvalue weighted by Crippen LogP contribution is -2.61. The molecule has 1 saturated heterocycles. The number of carbonyl (C=O) groups is 1. The smallest absolute Gasteiger partial charge is 0.220 e. The van der Waals surface area contributed by atoms with Gasteiger partial charge in [-0.05, 0) is 13.3 Å². The molecule has 0 aromatic heterocycles. The Morgan fingerprint density at radius 1 is 1.41 bits per heavy atom. The summed E-state index contributed by atoms with van der Waals surface area (Å²) in [7, 11) is 0. The van der Waals surface area contributed by atoms with E-state index in [4.69, 9.17) is 10.5 Å². The highest BCUT2D eigenvalue weighted by Gasteiger charge is 2.50. The summed E-state index contributed by atoms with van der Waals surface area (Å²) < 4.78 is 5.42. The minimum absolute atomic E-state index is 0. The first kappa shape index (κ1) is 21.9. The molecule has 1 unspecified atom stereocenters. The molecule has 132 valence electrons. The van der Waals surface area contributed by atoms with E-state index >= 15 is 0 Å². The number of carbonyl (C=O) groups excluding carboxylic acids is 1. The highest BCUT2D eigenvalue weighted by atomic mass is 35.5. The standard InChI is InChI=1S/C12H24N2O6S.ClH/c1-6-9(17)10(18)11(19)12(21,20-6)3-2-8(16)14-5-7(15)4-13;/h6-7,9-11,15,17-19,21H,2-5,13H2,1H3,(H,14,16);1H/t6-,7?,9+,10+,11-,12-;/m0./s1. The predicted octanol–water partition coefficient (Wildman–Crippen LogP) is -2.25. The fourth-order valence-corrected chi connectivity index (χ4v) is 2.53. The molecule has 10 heteroatoms. The van der Waals surface area contributed by atoms with E-state index in [1.165, 1.54) is 0 Å². The van der Waals surface area contributed by atoms with Crippen molar-refractivity contribution in [1.29, 1.82) is 0 Å². The molecule has 6 atom stereocenters. The van der Waals surface area contributed by atoms with E-state index in [1.54, 1.807) is 6.92 Å². The van der Waals surface area contributed by atoms with Crippen molar-refractivity contribution in [2.45, 2.75) is 55.2 Å². The van der Waals surface area contributed by atoms with Gasteiger partial charge in [0.2, 0.25) is 5.91 Å². The zero-order valence-corrected chi connectivity index (χ0v) is 14.0. The molecule has 0 aliphatic carbocycles. The zero-order chi connectivity index (χ0) is 16.2. The minimum Gasteiger partial charge on any atom is -0.390 e. The van der Waals surface area contributed by atoms with Gasteiger partial charge in [0.25, 0.3) is 0 Å². The normalized spacial score (nSPS) is 36.3. The second-order valence-corrected chi connectivity index (χ2v) is 6.04. The number of thiol groups is 1. The lowest BCUT2D eigenvalue weighted by atomic mass is 9.92. The van der Waals surface area contributed by atoms with Crippen LogP contribution in [0.4, 0.5) is 0 Å². The van der Waals surface area contributed by atoms with Crippen molar-refractivity contribution in [3.05, 3.63) is 0 Å². The van der Waals surface area contributed by atoms with Crippen LogP contribution in [-0.4, -0.2) is 74.9 Å². The Kier molecular flexibility index (Phi) is 9.18. The van der Waals surface area contributed by atoms with E-state index in [1.807, 2.05) is 0 Å². The Morgan fingerprint density at radius 3 is 2.55 bits per heavy atom. The van der Waals surface area contributed by atoms with E-state index in [0.29, 0.717) is 0 Å². The number of hydrogen-bond donors (Lipinski definition) is 7. The second-order valence-electron chi connectivity index (χ2n) is 5.29. The van der Waals surface area contributed by atoms with E-state index in [-0.39, 0.29) is 44.2 Å². The number of nitrogens with two attached hydrogens (primary N) is 1. The fraction of sp³-hybridized carbons (Fsp3) is 0.917. The molecule has 1 aliphatic rings. The van der Waals surface area contributed by atoms with E-state index in [9.17, 15) is 25.2 Å². The number of rotatable bonds is 6. The average molecular weight is 361 g/mol. The van der Waals surface area contributed by atoms with E-state index in [0.717, 1.165) is 0 Å². The van der Waals surface area contributed by atoms with Crippen molar-refractivity contribution in [3.8, 4) is 0 Å². The lowest BCUT2D eigenvalue weighted by molar-refractivity contribution is -0.231. The molecule has 0 aromatic carbocycles. The van der Waals surface area contributed by atoms with Crippen LogP contribution in [0.3, 0.4) is 0 Å². The van der Waals surface area contributed by atoms with E-state index < -0.39 is 35.5 Å². The molecule has 0 aromatic rings. The molecule has 22 heavy (non-hydrogen) atoms. The molecule has 8 nitrogen and oxygen atoms in total. The number of nitrogens with one attached hydrogen (secondary N) is 1. The molecule has 0 saturated carbocycles. The Hall–Kier alpha value is -0.130. The summed E-state index contributed by atoms with van der Waals surface area (Å²) in [5.41, 5.74) is 5.21. The van der Waals surface area contributed by atoms with Gasteiger partial charge >= 0.3 is 0 Å². The molecule has 1 aliphatic heterocycles. The summed E-state index contributed by atoms with van der Waals surface area (Å²) >= 11 is 4.21. The molecule has 0 radical (unpaired) electrons. The maximum atomic E-state index is 11.6. The van der Waals surface area contributed by atoms with Crippen molar-refractivity contribution >= 4 is 30.9 Å². The number of aliphatic hydroxyl groups is 4. The Morgan fingerprint density at radius 2 is 2.00 bits per heavy atom. The third kappa shape index (κ3) is 5.50. The number of halogens is 1. The highest BCUT2D eigenvalue weighted by molar-refractivity contribution is 7.81. The van der Waals surface area contributed by atoms with Crippen LogP contribution in [-0.2, 0) is 9.53 Å². The van der Waals surface area contributed by atoms with Crippen LogP contribution in [0.25, 0.3) is 0 Å². The van der Waals surface area contributed by atoms with Crippen LogP contribution in [0.5, 0.6) is 0 Å². The Balaban J connectivity index is 0.00000441. The summed E-state index contributed by atoms with van der Waals surface area (Å²) in [5, 5.41) is 41.0. The van der Waals surface area contributed by atoms with Crippen LogP contribution >= 0.6 is 25.0 Å². The second kappa shape index (κ2) is 9.24. The first-order valence-corrected chi connectivity index (χ1v) is 7.25. The maximum Gasteiger partial charge on any atom is 0.220 e. The molecular formula is C12H25ClN2O6S. The SMILES string of the molecule is C[C@@H]1O[C@](S)(CCC(=O)NCC(O)CN)[C@@H](O)[C@H](O)[C@@H]1O.Cl. The first-order valence-electron chi connectivity index (χ1n) is 6.80. The van der Waals surface area contributed by atoms with Crippen molar-refractivity contribution in [1.82, 2.24) is 5.32 Å². The van der Waals surface area contributed by atoms with E-state index in [2.05, 4.69) is 17.9 Å². The summed E-state index contributed by atoms with van der Waals surface area (Å²) in [6.45, 7) is 1.62. The quantitative estimate of drug-likeness (QED) is 0.265. The summed E-state index contributed by atoms with van der Waals surface area (Å²) in [6, 6.07) is 0. The average Bonchev–Trinajstić information content (AvgIpc) is 2.46. The van der Waals surface area contributed by atoms with Crippen LogP contribution in [0.15, 0.2) is 0 Å². The van der Waals surface area contributed by atoms with Gasteiger partial charge in [0, 0.05) is 19.5 Å². The Bertz CT molecular complexity index is 367. The lowest BCUT2D eigenvalue weighted by Gasteiger charge is -2.45. The van der Waals surface area contributed by atoms with Gasteiger partial charge in [-0.1, -0.05) is 0 Å². The molecule has 7 N–H and O–H groups in total. The summed E-state index contributed by atoms with van der Waals surface area (Å²) in [5.74, 6) is -0.361. The van der Waals surface area contributed by atoms with Gasteiger partial charge in [-0.15, -0.1) is 25.0 Å². The molecule has 0 bridgehead atoms. The van der Waals surface area contributed by atoms with Crippen LogP contribution in [0, 0.1) is 0 Å². The predicted molar refractivity (Wildman–Crippen MR) is 84.8 cm³/mol. The van der Waals surface area contributed by atoms with Gasteiger partial charge in [-0.25, -0.2) is 0 Å². The topological polar surface area (TPSA) is 145 Å². The van der Waals surface area contributed by atoms with Gasteiger partial charge < -0.3 is 36.2 Å². The zero-order valence-electron chi connectivity index (χ0n) is 12.3. The van der Waals surface area contributed by atoms with Gasteiger partial charge in [0.05, 0.1) is 12.2 Å². The van der Waals surface area contributed by atoms with Crippen molar-refractivity contribution in [3.63, 3.8) is 0 Å². The highest BCUT2D eigenvalue weighted by Crippen LogP contribution is 2.36. The third-order valence-corrected chi connectivity index (χ3v) is 4.12. The third-order valence-electron chi connectivity index (χ3n) is 3.52. The van der Waals surface area contributed by atoms with Crippen LogP contribution in [0.1, 0.15) is 19.8 Å². The minimum atomic E-state index is -1.43. The number of ether oxygens (including phenoxy) is 1. The van der Waals surface area contributed by atoms with Crippen LogP contribution < -0.4 is 11.1 Å². The fourth-order valence-electron chi connectivity index (χ4n) is 2.10. The molecule has 1 amide bonds. The van der Waals surface area contributed by atoms with Gasteiger partial charge in [-0.3, -0.25) is 4.79 Å². The van der Waals surface area contributed by atoms with Crippen molar-refractivity contribution < 1.29 is 30.0 Å². The molecule has 1 rings (SSSR count). The number of aliphatic hydroxyl groups excluding tert-OH is 4. The summed E-state index contributed by atoms with van der Waals surface area (Å²) in [6.07, 6.45) is -5.55. The van der Waals surface area contributed by atoms with Gasteiger partial charge in [0.15, 0.2) is 0 Å². The maximum absolute atomic E-state index is 11.6. The molecule has 1 heterocycles. The van der Waals surface area contributed by atoms with Gasteiger partial charge in [0.1, 0.15) is 23.2 Å².